The monoisotopic (exact) mass is 144 g/mol. The molecule has 1 aliphatic carbocycles. The Balaban J connectivity index is 1.95. The van der Waals surface area contributed by atoms with Gasteiger partial charge < -0.3 is 9.84 Å². The number of hydrogen-bond donors (Lipinski definition) is 1. The highest BCUT2D eigenvalue weighted by molar-refractivity contribution is 4.79. The van der Waals surface area contributed by atoms with Gasteiger partial charge in [0.25, 0.3) is 0 Å². The Morgan fingerprint density at radius 1 is 1.50 bits per heavy atom. The molecule has 0 spiro atoms. The molecule has 0 unspecified atom stereocenters. The maximum absolute atomic E-state index is 8.90. The second-order valence-corrected chi connectivity index (χ2v) is 3.47. The summed E-state index contributed by atoms with van der Waals surface area (Å²) >= 11 is 0. The molecule has 0 heterocycles. The van der Waals surface area contributed by atoms with Gasteiger partial charge in [0.1, 0.15) is 0 Å². The molecule has 0 saturated heterocycles. The van der Waals surface area contributed by atoms with Crippen molar-refractivity contribution in [3.05, 3.63) is 0 Å². The molecule has 0 aromatic rings. The molecule has 0 amide bonds. The molecular formula is C8H16O2. The van der Waals surface area contributed by atoms with Crippen LogP contribution in [0.1, 0.15) is 26.7 Å². The molecule has 10 heavy (non-hydrogen) atoms. The van der Waals surface area contributed by atoms with Crippen LogP contribution >= 0.6 is 0 Å². The third-order valence-corrected chi connectivity index (χ3v) is 1.74. The standard InChI is InChI=1S/C8H16O2/c1-6(2)5-10-8-3-7(9)4-8/h6-9H,3-5H2,1-2H3. The predicted octanol–water partition coefficient (Wildman–Crippen LogP) is 1.18. The van der Waals surface area contributed by atoms with E-state index in [9.17, 15) is 0 Å². The van der Waals surface area contributed by atoms with Crippen LogP contribution in [0.4, 0.5) is 0 Å². The van der Waals surface area contributed by atoms with Gasteiger partial charge in [-0.2, -0.15) is 0 Å². The zero-order chi connectivity index (χ0) is 7.56. The van der Waals surface area contributed by atoms with Gasteiger partial charge in [0, 0.05) is 6.61 Å². The molecule has 2 heteroatoms. The van der Waals surface area contributed by atoms with Crippen molar-refractivity contribution in [2.45, 2.75) is 38.9 Å². The zero-order valence-corrected chi connectivity index (χ0v) is 6.71. The van der Waals surface area contributed by atoms with E-state index in [1.807, 2.05) is 0 Å². The largest absolute Gasteiger partial charge is 0.393 e. The fraction of sp³-hybridized carbons (Fsp3) is 1.00. The molecule has 2 nitrogen and oxygen atoms in total. The molecule has 0 atom stereocenters. The lowest BCUT2D eigenvalue weighted by Crippen LogP contribution is -2.36. The smallest absolute Gasteiger partial charge is 0.0624 e. The number of aliphatic hydroxyl groups is 1. The van der Waals surface area contributed by atoms with Crippen LogP contribution in [0.25, 0.3) is 0 Å². The average Bonchev–Trinajstić information content (AvgIpc) is 1.77. The van der Waals surface area contributed by atoms with E-state index in [0.717, 1.165) is 19.4 Å². The molecule has 0 aromatic heterocycles. The third kappa shape index (κ3) is 2.27. The van der Waals surface area contributed by atoms with E-state index in [1.54, 1.807) is 0 Å². The van der Waals surface area contributed by atoms with E-state index in [1.165, 1.54) is 0 Å². The van der Waals surface area contributed by atoms with Crippen LogP contribution in [0.5, 0.6) is 0 Å². The second kappa shape index (κ2) is 3.35. The molecule has 1 aliphatic rings. The lowest BCUT2D eigenvalue weighted by Gasteiger charge is -2.31. The number of ether oxygens (including phenoxy) is 1. The van der Waals surface area contributed by atoms with Gasteiger partial charge in [-0.3, -0.25) is 0 Å². The van der Waals surface area contributed by atoms with E-state index in [0.29, 0.717) is 12.0 Å². The van der Waals surface area contributed by atoms with Crippen LogP contribution in [0.15, 0.2) is 0 Å². The summed E-state index contributed by atoms with van der Waals surface area (Å²) in [4.78, 5) is 0. The third-order valence-electron chi connectivity index (χ3n) is 1.74. The normalized spacial score (nSPS) is 32.4. The highest BCUT2D eigenvalue weighted by atomic mass is 16.5. The summed E-state index contributed by atoms with van der Waals surface area (Å²) in [7, 11) is 0. The first-order chi connectivity index (χ1) is 4.68. The van der Waals surface area contributed by atoms with Gasteiger partial charge in [-0.25, -0.2) is 0 Å². The summed E-state index contributed by atoms with van der Waals surface area (Å²) in [5, 5.41) is 8.90. The summed E-state index contributed by atoms with van der Waals surface area (Å²) in [6, 6.07) is 0. The Morgan fingerprint density at radius 2 is 2.10 bits per heavy atom. The van der Waals surface area contributed by atoms with E-state index in [4.69, 9.17) is 9.84 Å². The maximum Gasteiger partial charge on any atom is 0.0624 e. The van der Waals surface area contributed by atoms with Crippen LogP contribution in [0.2, 0.25) is 0 Å². The molecule has 0 bridgehead atoms. The van der Waals surface area contributed by atoms with Crippen molar-refractivity contribution in [2.75, 3.05) is 6.61 Å². The molecule has 0 aliphatic heterocycles. The van der Waals surface area contributed by atoms with Gasteiger partial charge in [0.15, 0.2) is 0 Å². The summed E-state index contributed by atoms with van der Waals surface area (Å²) in [5.41, 5.74) is 0. The van der Waals surface area contributed by atoms with Crippen LogP contribution in [-0.2, 0) is 4.74 Å². The number of rotatable bonds is 3. The minimum absolute atomic E-state index is 0.0860. The van der Waals surface area contributed by atoms with Gasteiger partial charge in [-0.1, -0.05) is 13.8 Å². The Morgan fingerprint density at radius 3 is 2.50 bits per heavy atom. The molecule has 1 N–H and O–H groups in total. The van der Waals surface area contributed by atoms with Crippen molar-refractivity contribution >= 4 is 0 Å². The van der Waals surface area contributed by atoms with Crippen molar-refractivity contribution < 1.29 is 9.84 Å². The van der Waals surface area contributed by atoms with E-state index < -0.39 is 0 Å². The van der Waals surface area contributed by atoms with Gasteiger partial charge in [0.05, 0.1) is 12.2 Å². The summed E-state index contributed by atoms with van der Waals surface area (Å²) in [6.45, 7) is 5.10. The number of hydrogen-bond acceptors (Lipinski definition) is 2. The minimum Gasteiger partial charge on any atom is -0.393 e. The van der Waals surface area contributed by atoms with Crippen LogP contribution in [0, 0.1) is 5.92 Å². The summed E-state index contributed by atoms with van der Waals surface area (Å²) in [6.07, 6.45) is 1.94. The Labute approximate surface area is 62.2 Å². The number of aliphatic hydroxyl groups excluding tert-OH is 1. The van der Waals surface area contributed by atoms with Crippen molar-refractivity contribution in [3.63, 3.8) is 0 Å². The molecular weight excluding hydrogens is 128 g/mol. The average molecular weight is 144 g/mol. The lowest BCUT2D eigenvalue weighted by molar-refractivity contribution is -0.0775. The highest BCUT2D eigenvalue weighted by Crippen LogP contribution is 2.23. The van der Waals surface area contributed by atoms with Crippen LogP contribution in [-0.4, -0.2) is 23.9 Å². The molecule has 0 radical (unpaired) electrons. The molecule has 1 saturated carbocycles. The van der Waals surface area contributed by atoms with Gasteiger partial charge in [-0.05, 0) is 18.8 Å². The summed E-state index contributed by atoms with van der Waals surface area (Å²) < 4.78 is 5.45. The quantitative estimate of drug-likeness (QED) is 0.644. The topological polar surface area (TPSA) is 29.5 Å². The van der Waals surface area contributed by atoms with Crippen LogP contribution < -0.4 is 0 Å². The first-order valence-electron chi connectivity index (χ1n) is 3.98. The summed E-state index contributed by atoms with van der Waals surface area (Å²) in [5.74, 6) is 0.609. The maximum atomic E-state index is 8.90. The molecule has 1 rings (SSSR count). The first-order valence-corrected chi connectivity index (χ1v) is 3.98. The Bertz CT molecular complexity index is 95.4. The zero-order valence-electron chi connectivity index (χ0n) is 6.71. The fourth-order valence-electron chi connectivity index (χ4n) is 1.00. The Hall–Kier alpha value is -0.0800. The fourth-order valence-corrected chi connectivity index (χ4v) is 1.00. The molecule has 60 valence electrons. The second-order valence-electron chi connectivity index (χ2n) is 3.47. The van der Waals surface area contributed by atoms with Crippen molar-refractivity contribution in [1.29, 1.82) is 0 Å². The van der Waals surface area contributed by atoms with E-state index >= 15 is 0 Å². The van der Waals surface area contributed by atoms with E-state index in [2.05, 4.69) is 13.8 Å². The SMILES string of the molecule is CC(C)COC1CC(O)C1. The Kier molecular flexibility index (Phi) is 2.69. The van der Waals surface area contributed by atoms with Gasteiger partial charge >= 0.3 is 0 Å². The van der Waals surface area contributed by atoms with Crippen molar-refractivity contribution in [2.24, 2.45) is 5.92 Å². The predicted molar refractivity (Wildman–Crippen MR) is 39.8 cm³/mol. The van der Waals surface area contributed by atoms with Gasteiger partial charge in [-0.15, -0.1) is 0 Å². The lowest BCUT2D eigenvalue weighted by atomic mass is 9.92. The van der Waals surface area contributed by atoms with Crippen molar-refractivity contribution in [1.82, 2.24) is 0 Å². The van der Waals surface area contributed by atoms with Crippen LogP contribution in [0.3, 0.4) is 0 Å². The van der Waals surface area contributed by atoms with Crippen molar-refractivity contribution in [3.8, 4) is 0 Å². The molecule has 1 fully saturated rings. The minimum atomic E-state index is -0.0860. The first kappa shape index (κ1) is 8.02. The van der Waals surface area contributed by atoms with Gasteiger partial charge in [0.2, 0.25) is 0 Å². The molecule has 0 aromatic carbocycles. The van der Waals surface area contributed by atoms with E-state index in [-0.39, 0.29) is 6.10 Å². The highest BCUT2D eigenvalue weighted by Gasteiger charge is 2.27.